The molecule has 5 aromatic rings. The number of hydrogen-bond acceptors (Lipinski definition) is 4. The van der Waals surface area contributed by atoms with E-state index in [4.69, 9.17) is 4.98 Å². The van der Waals surface area contributed by atoms with Gasteiger partial charge in [-0.3, -0.25) is 4.68 Å². The molecule has 6 heteroatoms. The van der Waals surface area contributed by atoms with E-state index in [2.05, 4.69) is 63.9 Å². The van der Waals surface area contributed by atoms with Crippen molar-refractivity contribution in [3.63, 3.8) is 0 Å². The van der Waals surface area contributed by atoms with Crippen LogP contribution in [0, 0.1) is 0 Å². The lowest BCUT2D eigenvalue weighted by Crippen LogP contribution is -1.99. The van der Waals surface area contributed by atoms with Crippen molar-refractivity contribution in [2.75, 3.05) is 0 Å². The van der Waals surface area contributed by atoms with E-state index in [9.17, 15) is 5.11 Å². The number of H-pyrrole nitrogens is 1. The average Bonchev–Trinajstić information content (AvgIpc) is 3.49. The van der Waals surface area contributed by atoms with Gasteiger partial charge in [0.15, 0.2) is 11.6 Å². The maximum atomic E-state index is 11.1. The largest absolute Gasteiger partial charge is 0.504 e. The van der Waals surface area contributed by atoms with Crippen LogP contribution < -0.4 is 5.32 Å². The van der Waals surface area contributed by atoms with Crippen molar-refractivity contribution in [2.24, 2.45) is 7.05 Å². The van der Waals surface area contributed by atoms with E-state index in [1.165, 1.54) is 22.3 Å². The smallest absolute Gasteiger partial charge is 0.173 e. The van der Waals surface area contributed by atoms with Crippen molar-refractivity contribution >= 4 is 11.0 Å². The number of benzene rings is 3. The van der Waals surface area contributed by atoms with E-state index in [1.54, 1.807) is 4.68 Å². The third-order valence-corrected chi connectivity index (χ3v) is 6.16. The molecule has 0 amide bonds. The lowest BCUT2D eigenvalue weighted by atomic mass is 10.0. The second-order valence-electron chi connectivity index (χ2n) is 8.36. The molecule has 0 fully saturated rings. The molecule has 0 bridgehead atoms. The Labute approximate surface area is 185 Å². The summed E-state index contributed by atoms with van der Waals surface area (Å²) < 4.78 is 1.69. The summed E-state index contributed by atoms with van der Waals surface area (Å²) in [7, 11) is 1.83. The number of aromatic amines is 1. The first-order chi connectivity index (χ1) is 15.7. The highest BCUT2D eigenvalue weighted by molar-refractivity contribution is 5.83. The molecule has 158 valence electrons. The van der Waals surface area contributed by atoms with Crippen LogP contribution >= 0.6 is 0 Å². The van der Waals surface area contributed by atoms with Gasteiger partial charge in [-0.1, -0.05) is 54.6 Å². The first kappa shape index (κ1) is 18.8. The number of aromatic nitrogens is 4. The van der Waals surface area contributed by atoms with Gasteiger partial charge in [0.25, 0.3) is 0 Å². The molecule has 3 heterocycles. The van der Waals surface area contributed by atoms with Gasteiger partial charge in [-0.15, -0.1) is 0 Å². The van der Waals surface area contributed by atoms with E-state index >= 15 is 0 Å². The maximum absolute atomic E-state index is 11.1. The van der Waals surface area contributed by atoms with Gasteiger partial charge in [0.2, 0.25) is 0 Å². The van der Waals surface area contributed by atoms with Crippen LogP contribution in [0.15, 0.2) is 66.7 Å². The molecule has 1 aliphatic heterocycles. The Hall–Kier alpha value is -3.90. The maximum Gasteiger partial charge on any atom is 0.173 e. The number of imidazole rings is 1. The standard InChI is InChI=1S/C26H23N5O/c1-31-24(26-28-21-12-19-14-27-15-20(19)13-22(21)29-26)25(32)23(30-31)18-9-7-17(8-10-18)11-16-5-3-2-4-6-16/h2-10,12-13,27,32H,11,14-15H2,1H3,(H,28,29). The molecule has 3 N–H and O–H groups in total. The first-order valence-electron chi connectivity index (χ1n) is 10.8. The minimum absolute atomic E-state index is 0.136. The predicted molar refractivity (Wildman–Crippen MR) is 125 cm³/mol. The third kappa shape index (κ3) is 3.16. The fraction of sp³-hybridized carbons (Fsp3) is 0.154. The summed E-state index contributed by atoms with van der Waals surface area (Å²) in [5, 5.41) is 19.0. The Balaban J connectivity index is 1.33. The quantitative estimate of drug-likeness (QED) is 0.398. The van der Waals surface area contributed by atoms with Crippen molar-refractivity contribution in [2.45, 2.75) is 19.5 Å². The van der Waals surface area contributed by atoms with Gasteiger partial charge in [0.1, 0.15) is 11.4 Å². The van der Waals surface area contributed by atoms with Gasteiger partial charge < -0.3 is 15.4 Å². The van der Waals surface area contributed by atoms with Gasteiger partial charge >= 0.3 is 0 Å². The molecule has 0 saturated carbocycles. The Bertz CT molecular complexity index is 1390. The molecule has 0 spiro atoms. The molecule has 0 aliphatic carbocycles. The highest BCUT2D eigenvalue weighted by atomic mass is 16.3. The normalized spacial score (nSPS) is 13.0. The van der Waals surface area contributed by atoms with Crippen LogP contribution in [0.4, 0.5) is 0 Å². The SMILES string of the molecule is Cn1nc(-c2ccc(Cc3ccccc3)cc2)c(O)c1-c1nc2cc3c(cc2[nH]1)CNC3. The zero-order chi connectivity index (χ0) is 21.7. The molecule has 1 aliphatic rings. The van der Waals surface area contributed by atoms with Crippen molar-refractivity contribution in [3.05, 3.63) is 89.0 Å². The Morgan fingerprint density at radius 3 is 2.44 bits per heavy atom. The van der Waals surface area contributed by atoms with Crippen molar-refractivity contribution in [1.29, 1.82) is 0 Å². The molecule has 0 radical (unpaired) electrons. The van der Waals surface area contributed by atoms with E-state index < -0.39 is 0 Å². The zero-order valence-electron chi connectivity index (χ0n) is 17.8. The Kier molecular flexibility index (Phi) is 4.33. The predicted octanol–water partition coefficient (Wildman–Crippen LogP) is 4.53. The van der Waals surface area contributed by atoms with Gasteiger partial charge in [-0.25, -0.2) is 4.98 Å². The van der Waals surface area contributed by atoms with Crippen LogP contribution in [0.5, 0.6) is 5.75 Å². The van der Waals surface area contributed by atoms with Crippen LogP contribution in [0.1, 0.15) is 22.3 Å². The van der Waals surface area contributed by atoms with E-state index in [0.29, 0.717) is 17.2 Å². The fourth-order valence-corrected chi connectivity index (χ4v) is 4.50. The number of aryl methyl sites for hydroxylation is 1. The molecule has 3 aromatic carbocycles. The molecule has 2 aromatic heterocycles. The molecule has 6 rings (SSSR count). The number of rotatable bonds is 4. The van der Waals surface area contributed by atoms with Crippen LogP contribution in [0.25, 0.3) is 33.8 Å². The van der Waals surface area contributed by atoms with Crippen molar-refractivity contribution in [1.82, 2.24) is 25.1 Å². The fourth-order valence-electron chi connectivity index (χ4n) is 4.50. The molecular weight excluding hydrogens is 398 g/mol. The zero-order valence-corrected chi connectivity index (χ0v) is 17.8. The molecule has 0 atom stereocenters. The lowest BCUT2D eigenvalue weighted by molar-refractivity contribution is 0.478. The van der Waals surface area contributed by atoms with E-state index in [1.807, 2.05) is 25.2 Å². The number of nitrogens with one attached hydrogen (secondary N) is 2. The number of hydrogen-bond donors (Lipinski definition) is 3. The summed E-state index contributed by atoms with van der Waals surface area (Å²) in [6, 6.07) is 22.9. The summed E-state index contributed by atoms with van der Waals surface area (Å²) in [5.41, 5.74) is 8.94. The highest BCUT2D eigenvalue weighted by Gasteiger charge is 2.22. The number of nitrogens with zero attached hydrogens (tertiary/aromatic N) is 3. The van der Waals surface area contributed by atoms with E-state index in [0.717, 1.165) is 36.1 Å². The van der Waals surface area contributed by atoms with Gasteiger partial charge in [0, 0.05) is 25.7 Å². The third-order valence-electron chi connectivity index (χ3n) is 6.16. The first-order valence-corrected chi connectivity index (χ1v) is 10.8. The summed E-state index contributed by atoms with van der Waals surface area (Å²) in [6.45, 7) is 1.75. The number of aromatic hydroxyl groups is 1. The molecule has 6 nitrogen and oxygen atoms in total. The molecule has 0 unspecified atom stereocenters. The summed E-state index contributed by atoms with van der Waals surface area (Å²) in [5.74, 6) is 0.757. The summed E-state index contributed by atoms with van der Waals surface area (Å²) >= 11 is 0. The molecule has 32 heavy (non-hydrogen) atoms. The van der Waals surface area contributed by atoms with Crippen LogP contribution in [-0.4, -0.2) is 24.9 Å². The second-order valence-corrected chi connectivity index (χ2v) is 8.36. The summed E-state index contributed by atoms with van der Waals surface area (Å²) in [6.07, 6.45) is 0.874. The Morgan fingerprint density at radius 1 is 0.938 bits per heavy atom. The van der Waals surface area contributed by atoms with Crippen LogP contribution in [0.2, 0.25) is 0 Å². The average molecular weight is 422 g/mol. The van der Waals surface area contributed by atoms with Crippen molar-refractivity contribution in [3.8, 4) is 28.5 Å². The highest BCUT2D eigenvalue weighted by Crippen LogP contribution is 2.37. The van der Waals surface area contributed by atoms with Crippen molar-refractivity contribution < 1.29 is 5.11 Å². The summed E-state index contributed by atoms with van der Waals surface area (Å²) in [4.78, 5) is 8.11. The van der Waals surface area contributed by atoms with Gasteiger partial charge in [-0.2, -0.15) is 5.10 Å². The minimum atomic E-state index is 0.136. The second kappa shape index (κ2) is 7.35. The van der Waals surface area contributed by atoms with Gasteiger partial charge in [0.05, 0.1) is 11.0 Å². The monoisotopic (exact) mass is 421 g/mol. The topological polar surface area (TPSA) is 78.8 Å². The lowest BCUT2D eigenvalue weighted by Gasteiger charge is -2.04. The van der Waals surface area contributed by atoms with Gasteiger partial charge in [-0.05, 0) is 40.8 Å². The van der Waals surface area contributed by atoms with Crippen LogP contribution in [0.3, 0.4) is 0 Å². The molecular formula is C26H23N5O. The Morgan fingerprint density at radius 2 is 1.66 bits per heavy atom. The number of fused-ring (bicyclic) bond motifs is 2. The van der Waals surface area contributed by atoms with Crippen LogP contribution in [-0.2, 0) is 26.6 Å². The molecule has 0 saturated heterocycles. The minimum Gasteiger partial charge on any atom is -0.504 e. The van der Waals surface area contributed by atoms with E-state index in [-0.39, 0.29) is 5.75 Å².